The SMILES string of the molecule is C[C@H]1CCC=C2C[C@H]3OC(=O)[C@@H](CNCCc4ccccc4)[C@H]3[C@H](O)[C@@]21C. The van der Waals surface area contributed by atoms with Crippen molar-refractivity contribution in [1.29, 1.82) is 0 Å². The molecular formula is C23H31NO3. The predicted octanol–water partition coefficient (Wildman–Crippen LogP) is 3.10. The molecule has 1 saturated carbocycles. The summed E-state index contributed by atoms with van der Waals surface area (Å²) >= 11 is 0. The molecule has 4 rings (SSSR count). The van der Waals surface area contributed by atoms with E-state index < -0.39 is 6.10 Å². The van der Waals surface area contributed by atoms with Crippen LogP contribution in [-0.4, -0.2) is 36.4 Å². The maximum absolute atomic E-state index is 12.5. The molecule has 1 saturated heterocycles. The first kappa shape index (κ1) is 18.7. The Labute approximate surface area is 162 Å². The highest BCUT2D eigenvalue weighted by molar-refractivity contribution is 5.76. The van der Waals surface area contributed by atoms with Gasteiger partial charge in [-0.05, 0) is 37.3 Å². The number of carbonyl (C=O) groups is 1. The number of hydrogen-bond donors (Lipinski definition) is 2. The van der Waals surface area contributed by atoms with E-state index in [-0.39, 0.29) is 29.3 Å². The molecule has 0 aromatic heterocycles. The fourth-order valence-electron chi connectivity index (χ4n) is 5.43. The third kappa shape index (κ3) is 3.23. The molecule has 146 valence electrons. The van der Waals surface area contributed by atoms with Gasteiger partial charge < -0.3 is 15.2 Å². The van der Waals surface area contributed by atoms with Crippen LogP contribution in [-0.2, 0) is 16.0 Å². The van der Waals surface area contributed by atoms with Crippen LogP contribution in [0.15, 0.2) is 42.0 Å². The molecule has 1 aromatic rings. The largest absolute Gasteiger partial charge is 0.461 e. The lowest BCUT2D eigenvalue weighted by Gasteiger charge is -2.51. The van der Waals surface area contributed by atoms with Crippen LogP contribution in [0.3, 0.4) is 0 Å². The smallest absolute Gasteiger partial charge is 0.311 e. The highest BCUT2D eigenvalue weighted by Crippen LogP contribution is 2.55. The minimum atomic E-state index is -0.523. The summed E-state index contributed by atoms with van der Waals surface area (Å²) in [7, 11) is 0. The molecule has 2 fully saturated rings. The molecule has 0 unspecified atom stereocenters. The van der Waals surface area contributed by atoms with E-state index in [0.29, 0.717) is 12.5 Å². The predicted molar refractivity (Wildman–Crippen MR) is 105 cm³/mol. The molecule has 0 amide bonds. The van der Waals surface area contributed by atoms with Gasteiger partial charge in [0.05, 0.1) is 12.0 Å². The number of nitrogens with one attached hydrogen (secondary N) is 1. The average Bonchev–Trinajstić information content (AvgIpc) is 2.98. The number of benzene rings is 1. The second kappa shape index (κ2) is 7.40. The summed E-state index contributed by atoms with van der Waals surface area (Å²) in [4.78, 5) is 12.5. The minimum absolute atomic E-state index is 0.107. The standard InChI is InChI=1S/C23H31NO3/c1-15-7-6-10-17-13-19-20(21(25)23(15,17)2)18(22(26)27-19)14-24-12-11-16-8-4-3-5-9-16/h3-5,8-10,15,18-21,24-25H,6-7,11-14H2,1-2H3/t15-,18-,19+,20+,21-,23+/m0/s1. The second-order valence-electron chi connectivity index (χ2n) is 8.74. The molecule has 3 aliphatic rings. The molecule has 27 heavy (non-hydrogen) atoms. The lowest BCUT2D eigenvalue weighted by molar-refractivity contribution is -0.144. The van der Waals surface area contributed by atoms with Crippen LogP contribution in [0.5, 0.6) is 0 Å². The highest BCUT2D eigenvalue weighted by atomic mass is 16.6. The van der Waals surface area contributed by atoms with Gasteiger partial charge in [-0.3, -0.25) is 4.79 Å². The first-order valence-electron chi connectivity index (χ1n) is 10.3. The van der Waals surface area contributed by atoms with E-state index in [1.54, 1.807) is 0 Å². The molecule has 1 aliphatic heterocycles. The van der Waals surface area contributed by atoms with E-state index in [1.807, 2.05) is 18.2 Å². The fraction of sp³-hybridized carbons (Fsp3) is 0.609. The van der Waals surface area contributed by atoms with Crippen molar-refractivity contribution >= 4 is 5.97 Å². The van der Waals surface area contributed by atoms with Crippen LogP contribution < -0.4 is 5.32 Å². The zero-order valence-corrected chi connectivity index (χ0v) is 16.4. The number of hydrogen-bond acceptors (Lipinski definition) is 4. The summed E-state index contributed by atoms with van der Waals surface area (Å²) in [6, 6.07) is 10.3. The Morgan fingerprint density at radius 1 is 1.30 bits per heavy atom. The van der Waals surface area contributed by atoms with Crippen molar-refractivity contribution in [1.82, 2.24) is 5.32 Å². The summed E-state index contributed by atoms with van der Waals surface area (Å²) in [5.41, 5.74) is 2.35. The highest BCUT2D eigenvalue weighted by Gasteiger charge is 2.59. The van der Waals surface area contributed by atoms with Gasteiger partial charge in [0, 0.05) is 24.3 Å². The molecule has 1 heterocycles. The number of rotatable bonds is 5. The van der Waals surface area contributed by atoms with E-state index in [9.17, 15) is 9.90 Å². The lowest BCUT2D eigenvalue weighted by Crippen LogP contribution is -2.54. The summed E-state index contributed by atoms with van der Waals surface area (Å²) in [6.07, 6.45) is 5.47. The van der Waals surface area contributed by atoms with Crippen molar-refractivity contribution in [2.24, 2.45) is 23.2 Å². The van der Waals surface area contributed by atoms with Crippen LogP contribution in [0.2, 0.25) is 0 Å². The van der Waals surface area contributed by atoms with Crippen molar-refractivity contribution in [3.63, 3.8) is 0 Å². The summed E-state index contributed by atoms with van der Waals surface area (Å²) in [5, 5.41) is 14.8. The number of esters is 1. The van der Waals surface area contributed by atoms with E-state index in [1.165, 1.54) is 11.1 Å². The van der Waals surface area contributed by atoms with E-state index in [0.717, 1.165) is 32.2 Å². The summed E-state index contributed by atoms with van der Waals surface area (Å²) in [5.74, 6) is -0.0831. The molecule has 0 spiro atoms. The monoisotopic (exact) mass is 369 g/mol. The van der Waals surface area contributed by atoms with E-state index in [4.69, 9.17) is 4.74 Å². The second-order valence-corrected chi connectivity index (χ2v) is 8.74. The van der Waals surface area contributed by atoms with Crippen molar-refractivity contribution in [3.8, 4) is 0 Å². The quantitative estimate of drug-likeness (QED) is 0.476. The number of carbonyl (C=O) groups excluding carboxylic acids is 1. The third-order valence-electron chi connectivity index (χ3n) is 7.37. The Morgan fingerprint density at radius 3 is 2.85 bits per heavy atom. The Balaban J connectivity index is 1.43. The van der Waals surface area contributed by atoms with Crippen LogP contribution in [0.25, 0.3) is 0 Å². The van der Waals surface area contributed by atoms with Gasteiger partial charge >= 0.3 is 5.97 Å². The number of aliphatic hydroxyl groups is 1. The Morgan fingerprint density at radius 2 is 2.07 bits per heavy atom. The third-order valence-corrected chi connectivity index (χ3v) is 7.37. The van der Waals surface area contributed by atoms with Gasteiger partial charge in [-0.2, -0.15) is 0 Å². The number of aliphatic hydroxyl groups excluding tert-OH is 1. The zero-order chi connectivity index (χ0) is 19.0. The van der Waals surface area contributed by atoms with Gasteiger partial charge in [0.1, 0.15) is 6.10 Å². The first-order chi connectivity index (χ1) is 13.0. The maximum atomic E-state index is 12.5. The van der Waals surface area contributed by atoms with Crippen LogP contribution in [0, 0.1) is 23.2 Å². The van der Waals surface area contributed by atoms with E-state index in [2.05, 4.69) is 37.4 Å². The maximum Gasteiger partial charge on any atom is 0.311 e. The topological polar surface area (TPSA) is 58.6 Å². The van der Waals surface area contributed by atoms with Crippen molar-refractivity contribution < 1.29 is 14.6 Å². The Bertz CT molecular complexity index is 716. The molecule has 1 aromatic carbocycles. The minimum Gasteiger partial charge on any atom is -0.461 e. The van der Waals surface area contributed by atoms with Crippen molar-refractivity contribution in [3.05, 3.63) is 47.5 Å². The van der Waals surface area contributed by atoms with Crippen LogP contribution in [0.4, 0.5) is 0 Å². The summed E-state index contributed by atoms with van der Waals surface area (Å²) in [6.45, 7) is 5.82. The number of allylic oxidation sites excluding steroid dienone is 1. The molecule has 4 nitrogen and oxygen atoms in total. The van der Waals surface area contributed by atoms with Gasteiger partial charge in [0.25, 0.3) is 0 Å². The molecule has 6 atom stereocenters. The molecule has 2 N–H and O–H groups in total. The molecule has 0 bridgehead atoms. The normalized spacial score (nSPS) is 38.0. The Kier molecular flexibility index (Phi) is 5.13. The molecule has 4 heteroatoms. The number of fused-ring (bicyclic) bond motifs is 2. The van der Waals surface area contributed by atoms with Gasteiger partial charge in [-0.15, -0.1) is 0 Å². The van der Waals surface area contributed by atoms with Crippen LogP contribution in [0.1, 0.15) is 38.7 Å². The van der Waals surface area contributed by atoms with E-state index >= 15 is 0 Å². The molecular weight excluding hydrogens is 338 g/mol. The zero-order valence-electron chi connectivity index (χ0n) is 16.4. The molecule has 2 aliphatic carbocycles. The van der Waals surface area contributed by atoms with Gasteiger partial charge in [0.2, 0.25) is 0 Å². The Hall–Kier alpha value is -1.65. The lowest BCUT2D eigenvalue weighted by atomic mass is 9.55. The van der Waals surface area contributed by atoms with Crippen molar-refractivity contribution in [2.75, 3.05) is 13.1 Å². The van der Waals surface area contributed by atoms with Crippen LogP contribution >= 0.6 is 0 Å². The molecule has 0 radical (unpaired) electrons. The van der Waals surface area contributed by atoms with Gasteiger partial charge in [-0.25, -0.2) is 0 Å². The fourth-order valence-corrected chi connectivity index (χ4v) is 5.43. The van der Waals surface area contributed by atoms with Crippen molar-refractivity contribution in [2.45, 2.75) is 51.7 Å². The summed E-state index contributed by atoms with van der Waals surface area (Å²) < 4.78 is 5.71. The van der Waals surface area contributed by atoms with Gasteiger partial charge in [0.15, 0.2) is 0 Å². The average molecular weight is 370 g/mol. The first-order valence-corrected chi connectivity index (χ1v) is 10.3. The number of ether oxygens (including phenoxy) is 1. The van der Waals surface area contributed by atoms with Gasteiger partial charge in [-0.1, -0.05) is 55.8 Å².